The summed E-state index contributed by atoms with van der Waals surface area (Å²) in [6.45, 7) is 10.5. The van der Waals surface area contributed by atoms with Gasteiger partial charge in [0.1, 0.15) is 18.1 Å². The number of aliphatic hydroxyl groups excluding tert-OH is 1. The molecule has 0 amide bonds. The molecule has 29 heavy (non-hydrogen) atoms. The van der Waals surface area contributed by atoms with Crippen molar-refractivity contribution in [2.75, 3.05) is 6.61 Å². The standard InChI is InChI=1S/C25H26O3S/c1-5-13-28-19-11-12-23(20(16-19)25(2,3)4)29-24-21(26)14-18(15-22(24)27)17-9-7-6-8-10-17/h5-12,14,16,26H,1,13,15H2,2-4H3. The third-order valence-electron chi connectivity index (χ3n) is 4.63. The van der Waals surface area contributed by atoms with Crippen LogP contribution in [0, 0.1) is 0 Å². The van der Waals surface area contributed by atoms with Crippen molar-refractivity contribution >= 4 is 23.1 Å². The van der Waals surface area contributed by atoms with Crippen LogP contribution in [0.5, 0.6) is 5.75 Å². The highest BCUT2D eigenvalue weighted by atomic mass is 32.2. The molecule has 0 atom stereocenters. The van der Waals surface area contributed by atoms with Gasteiger partial charge in [-0.2, -0.15) is 0 Å². The zero-order valence-corrected chi connectivity index (χ0v) is 17.9. The highest BCUT2D eigenvalue weighted by Gasteiger charge is 2.26. The summed E-state index contributed by atoms with van der Waals surface area (Å²) in [6.07, 6.45) is 3.69. The van der Waals surface area contributed by atoms with Gasteiger partial charge >= 0.3 is 0 Å². The summed E-state index contributed by atoms with van der Waals surface area (Å²) in [4.78, 5) is 14.2. The predicted molar refractivity (Wildman–Crippen MR) is 120 cm³/mol. The normalized spacial score (nSPS) is 14.6. The molecule has 0 aromatic heterocycles. The number of allylic oxidation sites excluding steroid dienone is 3. The molecule has 0 radical (unpaired) electrons. The Kier molecular flexibility index (Phi) is 6.33. The molecule has 0 fully saturated rings. The molecule has 3 nitrogen and oxygen atoms in total. The number of hydrogen-bond donors (Lipinski definition) is 1. The lowest BCUT2D eigenvalue weighted by Crippen LogP contribution is -2.14. The molecule has 0 heterocycles. The smallest absolute Gasteiger partial charge is 0.177 e. The van der Waals surface area contributed by atoms with E-state index in [0.717, 1.165) is 27.3 Å². The average molecular weight is 407 g/mol. The molecule has 0 aliphatic heterocycles. The van der Waals surface area contributed by atoms with E-state index in [1.165, 1.54) is 11.8 Å². The van der Waals surface area contributed by atoms with Crippen LogP contribution >= 0.6 is 11.8 Å². The van der Waals surface area contributed by atoms with Crippen molar-refractivity contribution in [2.24, 2.45) is 0 Å². The average Bonchev–Trinajstić information content (AvgIpc) is 2.69. The number of ketones is 1. The van der Waals surface area contributed by atoms with Gasteiger partial charge in [0, 0.05) is 11.3 Å². The van der Waals surface area contributed by atoms with Gasteiger partial charge in [0.2, 0.25) is 0 Å². The molecule has 0 saturated carbocycles. The second-order valence-electron chi connectivity index (χ2n) is 7.96. The van der Waals surface area contributed by atoms with Gasteiger partial charge in [-0.25, -0.2) is 0 Å². The first-order valence-corrected chi connectivity index (χ1v) is 10.4. The lowest BCUT2D eigenvalue weighted by molar-refractivity contribution is -0.114. The van der Waals surface area contributed by atoms with Crippen molar-refractivity contribution in [1.29, 1.82) is 0 Å². The predicted octanol–water partition coefficient (Wildman–Crippen LogP) is 6.47. The Morgan fingerprint density at radius 3 is 2.52 bits per heavy atom. The summed E-state index contributed by atoms with van der Waals surface area (Å²) in [5.74, 6) is 0.719. The molecule has 150 valence electrons. The van der Waals surface area contributed by atoms with E-state index in [4.69, 9.17) is 4.74 Å². The minimum Gasteiger partial charge on any atom is -0.507 e. The third kappa shape index (κ3) is 5.01. The minimum atomic E-state index is -0.144. The van der Waals surface area contributed by atoms with Gasteiger partial charge in [-0.15, -0.1) is 0 Å². The number of carbonyl (C=O) groups is 1. The lowest BCUT2D eigenvalue weighted by atomic mass is 9.87. The van der Waals surface area contributed by atoms with Gasteiger partial charge in [-0.05, 0) is 46.4 Å². The van der Waals surface area contributed by atoms with Crippen LogP contribution in [0.3, 0.4) is 0 Å². The number of benzene rings is 2. The summed E-state index contributed by atoms with van der Waals surface area (Å²) in [6, 6.07) is 15.5. The van der Waals surface area contributed by atoms with Crippen LogP contribution < -0.4 is 4.74 Å². The topological polar surface area (TPSA) is 46.5 Å². The number of carbonyl (C=O) groups excluding carboxylic acids is 1. The first-order valence-electron chi connectivity index (χ1n) is 9.58. The maximum atomic E-state index is 12.8. The molecular formula is C25H26O3S. The Balaban J connectivity index is 1.95. The molecule has 0 spiro atoms. The van der Waals surface area contributed by atoms with Crippen molar-refractivity contribution in [3.63, 3.8) is 0 Å². The van der Waals surface area contributed by atoms with E-state index in [1.54, 1.807) is 12.2 Å². The van der Waals surface area contributed by atoms with Crippen molar-refractivity contribution in [1.82, 2.24) is 0 Å². The largest absolute Gasteiger partial charge is 0.507 e. The van der Waals surface area contributed by atoms with Gasteiger partial charge in [-0.3, -0.25) is 4.79 Å². The zero-order valence-electron chi connectivity index (χ0n) is 17.1. The second kappa shape index (κ2) is 8.75. The van der Waals surface area contributed by atoms with Crippen molar-refractivity contribution in [3.05, 3.63) is 89.1 Å². The molecule has 2 aromatic rings. The summed E-state index contributed by atoms with van der Waals surface area (Å²) in [5.41, 5.74) is 2.71. The van der Waals surface area contributed by atoms with E-state index in [1.807, 2.05) is 48.5 Å². The molecule has 0 bridgehead atoms. The van der Waals surface area contributed by atoms with Crippen LogP contribution in [0.4, 0.5) is 0 Å². The summed E-state index contributed by atoms with van der Waals surface area (Å²) in [7, 11) is 0. The molecule has 0 unspecified atom stereocenters. The minimum absolute atomic E-state index is 0.0250. The fraction of sp³-hybridized carbons (Fsp3) is 0.240. The Morgan fingerprint density at radius 2 is 1.90 bits per heavy atom. The van der Waals surface area contributed by atoms with Crippen LogP contribution in [0.1, 0.15) is 38.3 Å². The van der Waals surface area contributed by atoms with Gasteiger partial charge in [0.15, 0.2) is 5.78 Å². The van der Waals surface area contributed by atoms with Crippen LogP contribution in [-0.2, 0) is 10.2 Å². The van der Waals surface area contributed by atoms with Gasteiger partial charge in [0.25, 0.3) is 0 Å². The molecule has 1 aliphatic carbocycles. The second-order valence-corrected chi connectivity index (χ2v) is 9.01. The number of thioether (sulfide) groups is 1. The SMILES string of the molecule is C=CCOc1ccc(SC2=C(O)C=C(c3ccccc3)CC2=O)c(C(C)(C)C)c1. The summed E-state index contributed by atoms with van der Waals surface area (Å²) < 4.78 is 5.68. The Labute approximate surface area is 176 Å². The van der Waals surface area contributed by atoms with E-state index < -0.39 is 0 Å². The molecule has 2 aromatic carbocycles. The molecular weight excluding hydrogens is 380 g/mol. The molecule has 1 N–H and O–H groups in total. The van der Waals surface area contributed by atoms with E-state index >= 15 is 0 Å². The monoisotopic (exact) mass is 406 g/mol. The molecule has 3 rings (SSSR count). The van der Waals surface area contributed by atoms with Crippen LogP contribution in [0.2, 0.25) is 0 Å². The van der Waals surface area contributed by atoms with Crippen LogP contribution in [0.15, 0.2) is 82.8 Å². The third-order valence-corrected chi connectivity index (χ3v) is 5.85. The van der Waals surface area contributed by atoms with E-state index in [0.29, 0.717) is 11.5 Å². The first kappa shape index (κ1) is 21.0. The first-order chi connectivity index (χ1) is 13.8. The Hall–Kier alpha value is -2.72. The van der Waals surface area contributed by atoms with Gasteiger partial charge < -0.3 is 9.84 Å². The number of aliphatic hydroxyl groups is 1. The number of hydrogen-bond acceptors (Lipinski definition) is 4. The molecule has 4 heteroatoms. The van der Waals surface area contributed by atoms with Crippen molar-refractivity contribution in [2.45, 2.75) is 37.5 Å². The number of ether oxygens (including phenoxy) is 1. The Bertz CT molecular complexity index is 979. The lowest BCUT2D eigenvalue weighted by Gasteiger charge is -2.24. The molecule has 1 aliphatic rings. The number of Topliss-reactive ketones (excluding diaryl/α,β-unsaturated/α-hetero) is 1. The van der Waals surface area contributed by atoms with Crippen LogP contribution in [-0.4, -0.2) is 17.5 Å². The summed E-state index contributed by atoms with van der Waals surface area (Å²) in [5, 5.41) is 10.6. The fourth-order valence-corrected chi connectivity index (χ4v) is 4.34. The highest BCUT2D eigenvalue weighted by molar-refractivity contribution is 8.04. The van der Waals surface area contributed by atoms with Crippen molar-refractivity contribution in [3.8, 4) is 5.75 Å². The quantitative estimate of drug-likeness (QED) is 0.559. The maximum absolute atomic E-state index is 12.8. The van der Waals surface area contributed by atoms with Crippen LogP contribution in [0.25, 0.3) is 5.57 Å². The number of rotatable bonds is 6. The fourth-order valence-electron chi connectivity index (χ4n) is 3.16. The van der Waals surface area contributed by atoms with E-state index in [-0.39, 0.29) is 23.4 Å². The highest BCUT2D eigenvalue weighted by Crippen LogP contribution is 2.42. The van der Waals surface area contributed by atoms with Crippen molar-refractivity contribution < 1.29 is 14.6 Å². The Morgan fingerprint density at radius 1 is 1.17 bits per heavy atom. The van der Waals surface area contributed by atoms with Gasteiger partial charge in [0.05, 0.1) is 4.91 Å². The van der Waals surface area contributed by atoms with E-state index in [9.17, 15) is 9.90 Å². The maximum Gasteiger partial charge on any atom is 0.177 e. The van der Waals surface area contributed by atoms with Gasteiger partial charge in [-0.1, -0.05) is 75.5 Å². The molecule has 0 saturated heterocycles. The van der Waals surface area contributed by atoms with E-state index in [2.05, 4.69) is 27.4 Å². The summed E-state index contributed by atoms with van der Waals surface area (Å²) >= 11 is 1.32. The zero-order chi connectivity index (χ0) is 21.0.